The number of carbonyl (C=O) groups is 5. The van der Waals surface area contributed by atoms with Crippen molar-refractivity contribution in [2.45, 2.75) is 89.6 Å². The van der Waals surface area contributed by atoms with E-state index in [9.17, 15) is 29.1 Å². The fraction of sp³-hybridized carbons (Fsp3) is 0.750. The quantitative estimate of drug-likeness (QED) is 0.0388. The van der Waals surface area contributed by atoms with Gasteiger partial charge in [-0.3, -0.25) is 29.0 Å². The van der Waals surface area contributed by atoms with Gasteiger partial charge in [0.25, 0.3) is 0 Å². The van der Waals surface area contributed by atoms with Gasteiger partial charge in [0.2, 0.25) is 23.6 Å². The Bertz CT molecular complexity index is 866. The number of carbonyl (C=O) groups excluding carboxylic acids is 4. The molecule has 0 saturated carbocycles. The summed E-state index contributed by atoms with van der Waals surface area (Å²) in [4.78, 5) is 66.4. The Kier molecular flexibility index (Phi) is 17.8. The van der Waals surface area contributed by atoms with E-state index in [1.165, 1.54) is 6.92 Å². The van der Waals surface area contributed by atoms with Crippen molar-refractivity contribution in [3.63, 3.8) is 0 Å². The van der Waals surface area contributed by atoms with E-state index in [4.69, 9.17) is 28.0 Å². The highest BCUT2D eigenvalue weighted by Gasteiger charge is 2.33. The molecule has 4 amide bonds. The Morgan fingerprint density at radius 3 is 1.95 bits per heavy atom. The SMILES string of the molecule is CC[C@H](C)[C@H](NC(=O)[C@@H](N)[C@@H](C)O)C(=O)N[C@@H](CCCCN)C(=O)N[C@@H](CCCN=C(N)N)C(=O)NCC(=O)O. The lowest BCUT2D eigenvalue weighted by Crippen LogP contribution is -2.60. The fourth-order valence-corrected chi connectivity index (χ4v) is 3.52. The van der Waals surface area contributed by atoms with Crippen molar-refractivity contribution in [2.24, 2.45) is 33.8 Å². The van der Waals surface area contributed by atoms with E-state index < -0.39 is 66.4 Å². The Morgan fingerprint density at radius 1 is 0.850 bits per heavy atom. The summed E-state index contributed by atoms with van der Waals surface area (Å²) in [7, 11) is 0. The van der Waals surface area contributed by atoms with Gasteiger partial charge >= 0.3 is 5.97 Å². The maximum absolute atomic E-state index is 13.3. The van der Waals surface area contributed by atoms with E-state index in [1.54, 1.807) is 6.92 Å². The summed E-state index contributed by atoms with van der Waals surface area (Å²) in [6.07, 6.45) is 0.956. The Labute approximate surface area is 234 Å². The zero-order valence-corrected chi connectivity index (χ0v) is 23.5. The van der Waals surface area contributed by atoms with Crippen LogP contribution < -0.4 is 44.2 Å². The van der Waals surface area contributed by atoms with E-state index >= 15 is 0 Å². The van der Waals surface area contributed by atoms with Gasteiger partial charge in [-0.25, -0.2) is 0 Å². The Hall–Kier alpha value is -3.50. The highest BCUT2D eigenvalue weighted by molar-refractivity contribution is 5.95. The van der Waals surface area contributed by atoms with Gasteiger partial charge in [0.1, 0.15) is 30.7 Å². The molecular weight excluding hydrogens is 526 g/mol. The summed E-state index contributed by atoms with van der Waals surface area (Å²) >= 11 is 0. The first-order valence-electron chi connectivity index (χ1n) is 13.3. The van der Waals surface area contributed by atoms with Gasteiger partial charge in [-0.1, -0.05) is 20.3 Å². The lowest BCUT2D eigenvalue weighted by atomic mass is 9.96. The number of aliphatic carboxylic acids is 1. The molecule has 0 spiro atoms. The van der Waals surface area contributed by atoms with E-state index in [0.29, 0.717) is 32.2 Å². The first kappa shape index (κ1) is 36.5. The summed E-state index contributed by atoms with van der Waals surface area (Å²) in [5.41, 5.74) is 21.9. The van der Waals surface area contributed by atoms with Crippen LogP contribution in [-0.2, 0) is 24.0 Å². The van der Waals surface area contributed by atoms with Crippen LogP contribution >= 0.6 is 0 Å². The zero-order valence-electron chi connectivity index (χ0n) is 23.5. The standard InChI is InChI=1S/C24H47N9O7/c1-4-13(2)19(33-22(39)18(26)14(3)34)23(40)32-16(8-5-6-10-25)21(38)31-15(9-7-11-29-24(27)28)20(37)30-12-17(35)36/h13-16,18-19,34H,4-12,25-26H2,1-3H3,(H,30,37)(H,31,38)(H,32,40)(H,33,39)(H,35,36)(H4,27,28,29)/t13-,14+,15-,16-,18-,19-/m0/s1. The van der Waals surface area contributed by atoms with Gasteiger partial charge < -0.3 is 54.4 Å². The summed E-state index contributed by atoms with van der Waals surface area (Å²) in [5.74, 6) is -4.54. The summed E-state index contributed by atoms with van der Waals surface area (Å²) in [5, 5.41) is 28.5. The Morgan fingerprint density at radius 2 is 1.43 bits per heavy atom. The van der Waals surface area contributed by atoms with Crippen molar-refractivity contribution in [1.82, 2.24) is 21.3 Å². The minimum Gasteiger partial charge on any atom is -0.480 e. The van der Waals surface area contributed by atoms with Crippen LogP contribution in [0.3, 0.4) is 0 Å². The largest absolute Gasteiger partial charge is 0.480 e. The number of hydrogen-bond acceptors (Lipinski definition) is 9. The average Bonchev–Trinajstić information content (AvgIpc) is 2.89. The van der Waals surface area contributed by atoms with Gasteiger partial charge in [0.05, 0.1) is 6.10 Å². The smallest absolute Gasteiger partial charge is 0.322 e. The number of rotatable bonds is 20. The molecule has 0 unspecified atom stereocenters. The molecule has 0 radical (unpaired) electrons. The van der Waals surface area contributed by atoms with Gasteiger partial charge in [0, 0.05) is 6.54 Å². The number of unbranched alkanes of at least 4 members (excludes halogenated alkanes) is 1. The lowest BCUT2D eigenvalue weighted by molar-refractivity contribution is -0.138. The molecule has 0 aliphatic rings. The molecule has 230 valence electrons. The topological polar surface area (TPSA) is 290 Å². The number of hydrogen-bond donors (Lipinski definition) is 10. The molecular formula is C24H47N9O7. The average molecular weight is 574 g/mol. The van der Waals surface area contributed by atoms with Gasteiger partial charge in [-0.05, 0) is 51.5 Å². The molecule has 0 rings (SSSR count). The van der Waals surface area contributed by atoms with Gasteiger partial charge in [0.15, 0.2) is 5.96 Å². The molecule has 0 aromatic rings. The number of nitrogens with two attached hydrogens (primary N) is 4. The molecule has 40 heavy (non-hydrogen) atoms. The predicted octanol–water partition coefficient (Wildman–Crippen LogP) is -3.42. The van der Waals surface area contributed by atoms with E-state index in [2.05, 4.69) is 26.3 Å². The highest BCUT2D eigenvalue weighted by atomic mass is 16.4. The normalized spacial score (nSPS) is 15.3. The van der Waals surface area contributed by atoms with Gasteiger partial charge in [-0.15, -0.1) is 0 Å². The molecule has 0 aliphatic carbocycles. The first-order chi connectivity index (χ1) is 18.7. The number of carboxylic acid groups (broad SMARTS) is 1. The molecule has 14 N–H and O–H groups in total. The van der Waals surface area contributed by atoms with Gasteiger partial charge in [-0.2, -0.15) is 0 Å². The molecule has 0 aliphatic heterocycles. The van der Waals surface area contributed by atoms with Crippen LogP contribution in [0.2, 0.25) is 0 Å². The van der Waals surface area contributed by atoms with Crippen LogP contribution in [0.15, 0.2) is 4.99 Å². The third-order valence-corrected chi connectivity index (χ3v) is 6.19. The fourth-order valence-electron chi connectivity index (χ4n) is 3.52. The van der Waals surface area contributed by atoms with Crippen LogP contribution in [0.5, 0.6) is 0 Å². The molecule has 0 saturated heterocycles. The van der Waals surface area contributed by atoms with Crippen molar-refractivity contribution >= 4 is 35.6 Å². The highest BCUT2D eigenvalue weighted by Crippen LogP contribution is 2.11. The molecule has 0 bridgehead atoms. The second-order valence-corrected chi connectivity index (χ2v) is 9.61. The monoisotopic (exact) mass is 573 g/mol. The van der Waals surface area contributed by atoms with Crippen LogP contribution in [0.4, 0.5) is 0 Å². The maximum atomic E-state index is 13.3. The number of guanidine groups is 1. The van der Waals surface area contributed by atoms with Crippen LogP contribution in [0.1, 0.15) is 59.3 Å². The van der Waals surface area contributed by atoms with Crippen LogP contribution in [0, 0.1) is 5.92 Å². The van der Waals surface area contributed by atoms with Crippen LogP contribution in [-0.4, -0.2) is 95.7 Å². The number of nitrogens with zero attached hydrogens (tertiary/aromatic N) is 1. The minimum absolute atomic E-state index is 0.0836. The molecule has 0 aromatic heterocycles. The third-order valence-electron chi connectivity index (χ3n) is 6.19. The van der Waals surface area contributed by atoms with Crippen molar-refractivity contribution in [1.29, 1.82) is 0 Å². The third kappa shape index (κ3) is 14.6. The molecule has 16 heteroatoms. The number of aliphatic imine (C=N–C) groups is 1. The number of amides is 4. The zero-order chi connectivity index (χ0) is 30.8. The maximum Gasteiger partial charge on any atom is 0.322 e. The molecule has 0 aromatic carbocycles. The van der Waals surface area contributed by atoms with Crippen molar-refractivity contribution in [3.05, 3.63) is 0 Å². The van der Waals surface area contributed by atoms with E-state index in [-0.39, 0.29) is 31.3 Å². The molecule has 0 fully saturated rings. The number of carboxylic acids is 1. The van der Waals surface area contributed by atoms with Crippen molar-refractivity contribution in [2.75, 3.05) is 19.6 Å². The number of aliphatic hydroxyl groups excluding tert-OH is 1. The second-order valence-electron chi connectivity index (χ2n) is 9.61. The predicted molar refractivity (Wildman–Crippen MR) is 148 cm³/mol. The minimum atomic E-state index is -1.26. The Balaban J connectivity index is 5.81. The lowest BCUT2D eigenvalue weighted by Gasteiger charge is -2.28. The van der Waals surface area contributed by atoms with E-state index in [1.807, 2.05) is 6.92 Å². The van der Waals surface area contributed by atoms with E-state index in [0.717, 1.165) is 0 Å². The van der Waals surface area contributed by atoms with Crippen molar-refractivity contribution < 1.29 is 34.2 Å². The molecule has 6 atom stereocenters. The van der Waals surface area contributed by atoms with Crippen LogP contribution in [0.25, 0.3) is 0 Å². The first-order valence-corrected chi connectivity index (χ1v) is 13.3. The molecule has 0 heterocycles. The second kappa shape index (κ2) is 19.5. The summed E-state index contributed by atoms with van der Waals surface area (Å²) < 4.78 is 0. The number of aliphatic hydroxyl groups is 1. The number of nitrogens with one attached hydrogen (secondary N) is 4. The summed E-state index contributed by atoms with van der Waals surface area (Å²) in [6, 6.07) is -4.54. The van der Waals surface area contributed by atoms with Crippen molar-refractivity contribution in [3.8, 4) is 0 Å². The summed E-state index contributed by atoms with van der Waals surface area (Å²) in [6.45, 7) is 4.78. The molecule has 16 nitrogen and oxygen atoms in total.